The third kappa shape index (κ3) is 13.7. The van der Waals surface area contributed by atoms with Gasteiger partial charge in [0.15, 0.2) is 0 Å². The number of alkyl carbamates (subject to hydrolysis) is 2. The summed E-state index contributed by atoms with van der Waals surface area (Å²) in [6.45, 7) is 10.3. The van der Waals surface area contributed by atoms with Gasteiger partial charge in [0.1, 0.15) is 23.5 Å². The number of amides is 2. The highest BCUT2D eigenvalue weighted by atomic mass is 16.6. The topological polar surface area (TPSA) is 129 Å². The lowest BCUT2D eigenvalue weighted by molar-refractivity contribution is -0.155. The first kappa shape index (κ1) is 29.5. The smallest absolute Gasteiger partial charge is 0.412 e. The molecule has 1 rings (SSSR count). The SMILES string of the molecule is COC(=O)/C(=C/[C@H](CCC(=O)OC(C)(C)C)NC(=O)OC(C)(C)C)NC(=O)OCc1ccccc1. The molecular formula is C25H36N2O8. The van der Waals surface area contributed by atoms with Crippen LogP contribution in [0.2, 0.25) is 0 Å². The van der Waals surface area contributed by atoms with E-state index in [9.17, 15) is 19.2 Å². The maximum atomic E-state index is 12.3. The molecular weight excluding hydrogens is 456 g/mol. The van der Waals surface area contributed by atoms with Crippen LogP contribution in [0.25, 0.3) is 0 Å². The number of ether oxygens (including phenoxy) is 4. The molecule has 0 aliphatic carbocycles. The van der Waals surface area contributed by atoms with Crippen molar-refractivity contribution in [2.24, 2.45) is 0 Å². The van der Waals surface area contributed by atoms with Crippen molar-refractivity contribution in [1.29, 1.82) is 0 Å². The van der Waals surface area contributed by atoms with Crippen molar-refractivity contribution in [3.05, 3.63) is 47.7 Å². The Hall–Kier alpha value is -3.56. The second kappa shape index (κ2) is 13.4. The minimum absolute atomic E-state index is 0.0145. The second-order valence-electron chi connectivity index (χ2n) is 9.64. The van der Waals surface area contributed by atoms with Crippen LogP contribution in [0.1, 0.15) is 59.9 Å². The Morgan fingerprint density at radius 1 is 0.914 bits per heavy atom. The molecule has 194 valence electrons. The molecule has 0 saturated heterocycles. The van der Waals surface area contributed by atoms with E-state index >= 15 is 0 Å². The molecule has 0 aromatic heterocycles. The van der Waals surface area contributed by atoms with Gasteiger partial charge in [-0.1, -0.05) is 30.3 Å². The summed E-state index contributed by atoms with van der Waals surface area (Å²) in [6.07, 6.45) is -0.395. The van der Waals surface area contributed by atoms with Gasteiger partial charge in [-0.25, -0.2) is 14.4 Å². The molecule has 0 aliphatic rings. The van der Waals surface area contributed by atoms with Crippen LogP contribution in [0.3, 0.4) is 0 Å². The largest absolute Gasteiger partial charge is 0.464 e. The number of hydrogen-bond acceptors (Lipinski definition) is 8. The molecule has 0 aliphatic heterocycles. The highest BCUT2D eigenvalue weighted by Crippen LogP contribution is 2.13. The van der Waals surface area contributed by atoms with E-state index in [4.69, 9.17) is 18.9 Å². The Kier molecular flexibility index (Phi) is 11.2. The van der Waals surface area contributed by atoms with Crippen molar-refractivity contribution >= 4 is 24.1 Å². The molecule has 0 heterocycles. The fourth-order valence-electron chi connectivity index (χ4n) is 2.66. The van der Waals surface area contributed by atoms with E-state index in [0.29, 0.717) is 0 Å². The molecule has 0 fully saturated rings. The zero-order valence-corrected chi connectivity index (χ0v) is 21.4. The molecule has 0 unspecified atom stereocenters. The van der Waals surface area contributed by atoms with Crippen LogP contribution in [0.4, 0.5) is 9.59 Å². The van der Waals surface area contributed by atoms with Crippen molar-refractivity contribution in [1.82, 2.24) is 10.6 Å². The lowest BCUT2D eigenvalue weighted by Crippen LogP contribution is -2.40. The van der Waals surface area contributed by atoms with Gasteiger partial charge in [0.2, 0.25) is 0 Å². The molecule has 0 radical (unpaired) electrons. The second-order valence-corrected chi connectivity index (χ2v) is 9.64. The highest BCUT2D eigenvalue weighted by molar-refractivity contribution is 5.92. The predicted molar refractivity (Wildman–Crippen MR) is 128 cm³/mol. The number of esters is 2. The van der Waals surface area contributed by atoms with Crippen molar-refractivity contribution in [3.8, 4) is 0 Å². The molecule has 1 aromatic rings. The molecule has 0 bridgehead atoms. The molecule has 1 aromatic carbocycles. The van der Waals surface area contributed by atoms with Crippen molar-refractivity contribution in [2.75, 3.05) is 7.11 Å². The third-order valence-electron chi connectivity index (χ3n) is 4.00. The molecule has 2 N–H and O–H groups in total. The summed E-state index contributed by atoms with van der Waals surface area (Å²) >= 11 is 0. The summed E-state index contributed by atoms with van der Waals surface area (Å²) in [7, 11) is 1.14. The lowest BCUT2D eigenvalue weighted by Gasteiger charge is -2.23. The third-order valence-corrected chi connectivity index (χ3v) is 4.00. The van der Waals surface area contributed by atoms with Crippen molar-refractivity contribution < 1.29 is 38.1 Å². The number of benzene rings is 1. The summed E-state index contributed by atoms with van der Waals surface area (Å²) in [5, 5.41) is 4.92. The Labute approximate surface area is 206 Å². The van der Waals surface area contributed by atoms with Gasteiger partial charge in [-0.3, -0.25) is 10.1 Å². The van der Waals surface area contributed by atoms with E-state index in [2.05, 4.69) is 10.6 Å². The van der Waals surface area contributed by atoms with Gasteiger partial charge in [-0.2, -0.15) is 0 Å². The van der Waals surface area contributed by atoms with E-state index in [1.807, 2.05) is 6.07 Å². The molecule has 0 spiro atoms. The van der Waals surface area contributed by atoms with Crippen LogP contribution in [0.5, 0.6) is 0 Å². The molecule has 10 heteroatoms. The van der Waals surface area contributed by atoms with E-state index in [0.717, 1.165) is 12.7 Å². The summed E-state index contributed by atoms with van der Waals surface area (Å²) < 4.78 is 20.5. The lowest BCUT2D eigenvalue weighted by atomic mass is 10.1. The van der Waals surface area contributed by atoms with Gasteiger partial charge in [-0.15, -0.1) is 0 Å². The van der Waals surface area contributed by atoms with Crippen LogP contribution in [-0.4, -0.2) is 48.5 Å². The Morgan fingerprint density at radius 3 is 2.06 bits per heavy atom. The van der Waals surface area contributed by atoms with E-state index in [1.165, 1.54) is 6.08 Å². The number of methoxy groups -OCH3 is 1. The average Bonchev–Trinajstić information content (AvgIpc) is 2.73. The summed E-state index contributed by atoms with van der Waals surface area (Å²) in [5.74, 6) is -1.35. The van der Waals surface area contributed by atoms with E-state index in [-0.39, 0.29) is 25.1 Å². The highest BCUT2D eigenvalue weighted by Gasteiger charge is 2.23. The predicted octanol–water partition coefficient (Wildman–Crippen LogP) is 3.98. The van der Waals surface area contributed by atoms with Crippen LogP contribution < -0.4 is 10.6 Å². The Morgan fingerprint density at radius 2 is 1.51 bits per heavy atom. The summed E-state index contributed by atoms with van der Waals surface area (Å²) in [6, 6.07) is 8.11. The van der Waals surface area contributed by atoms with Gasteiger partial charge < -0.3 is 24.3 Å². The normalized spacial score (nSPS) is 12.7. The molecule has 10 nitrogen and oxygen atoms in total. The van der Waals surface area contributed by atoms with Crippen LogP contribution in [0, 0.1) is 0 Å². The fourth-order valence-corrected chi connectivity index (χ4v) is 2.66. The van der Waals surface area contributed by atoms with Crippen LogP contribution in [-0.2, 0) is 35.1 Å². The quantitative estimate of drug-likeness (QED) is 0.301. The number of hydrogen-bond donors (Lipinski definition) is 2. The zero-order valence-electron chi connectivity index (χ0n) is 21.4. The summed E-state index contributed by atoms with van der Waals surface area (Å²) in [4.78, 5) is 49.1. The standard InChI is InChI=1S/C25H36N2O8/c1-24(2,3)34-20(28)14-13-18(26-23(31)35-25(4,5)6)15-19(21(29)32-7)27-22(30)33-16-17-11-9-8-10-12-17/h8-12,15,18H,13-14,16H2,1-7H3,(H,26,31)(H,27,30)/b19-15-/t18-/m0/s1. The number of nitrogens with one attached hydrogen (secondary N) is 2. The Bertz CT molecular complexity index is 898. The van der Waals surface area contributed by atoms with Gasteiger partial charge in [0.25, 0.3) is 0 Å². The molecule has 0 saturated carbocycles. The maximum absolute atomic E-state index is 12.3. The molecule has 35 heavy (non-hydrogen) atoms. The number of carbonyl (C=O) groups excluding carboxylic acids is 4. The first-order valence-corrected chi connectivity index (χ1v) is 11.2. The van der Waals surface area contributed by atoms with Gasteiger partial charge >= 0.3 is 24.1 Å². The molecule has 1 atom stereocenters. The van der Waals surface area contributed by atoms with Crippen molar-refractivity contribution in [2.45, 2.75) is 78.2 Å². The summed E-state index contributed by atoms with van der Waals surface area (Å²) in [5.41, 5.74) is -0.958. The zero-order chi connectivity index (χ0) is 26.6. The number of rotatable bonds is 9. The monoisotopic (exact) mass is 492 g/mol. The number of carbonyl (C=O) groups is 4. The van der Waals surface area contributed by atoms with Crippen LogP contribution in [0.15, 0.2) is 42.1 Å². The van der Waals surface area contributed by atoms with Crippen molar-refractivity contribution in [3.63, 3.8) is 0 Å². The van der Waals surface area contributed by atoms with Gasteiger partial charge in [0.05, 0.1) is 13.2 Å². The first-order valence-electron chi connectivity index (χ1n) is 11.2. The van der Waals surface area contributed by atoms with Crippen LogP contribution >= 0.6 is 0 Å². The van der Waals surface area contributed by atoms with E-state index in [1.54, 1.807) is 65.8 Å². The average molecular weight is 493 g/mol. The van der Waals surface area contributed by atoms with Gasteiger partial charge in [0, 0.05) is 6.42 Å². The maximum Gasteiger partial charge on any atom is 0.412 e. The minimum Gasteiger partial charge on any atom is -0.464 e. The first-order chi connectivity index (χ1) is 16.2. The molecule has 2 amide bonds. The van der Waals surface area contributed by atoms with E-state index < -0.39 is 41.4 Å². The Balaban J connectivity index is 3.00. The minimum atomic E-state index is -0.895. The fraction of sp³-hybridized carbons (Fsp3) is 0.520. The van der Waals surface area contributed by atoms with Gasteiger partial charge in [-0.05, 0) is 59.6 Å².